The van der Waals surface area contributed by atoms with Crippen molar-refractivity contribution in [3.8, 4) is 10.4 Å². The minimum absolute atomic E-state index is 0.0543. The number of hydrogen-bond acceptors (Lipinski definition) is 5. The van der Waals surface area contributed by atoms with Gasteiger partial charge >= 0.3 is 0 Å². The maximum atomic E-state index is 13.3. The Bertz CT molecular complexity index is 1160. The van der Waals surface area contributed by atoms with Crippen LogP contribution in [0.4, 0.5) is 5.69 Å². The minimum Gasteiger partial charge on any atom is -0.368 e. The third kappa shape index (κ3) is 4.74. The van der Waals surface area contributed by atoms with E-state index in [-0.39, 0.29) is 5.91 Å². The van der Waals surface area contributed by atoms with Crippen LogP contribution in [0.25, 0.3) is 10.4 Å². The van der Waals surface area contributed by atoms with Crippen molar-refractivity contribution in [2.24, 2.45) is 0 Å². The molecule has 0 N–H and O–H groups in total. The predicted octanol–water partition coefficient (Wildman–Crippen LogP) is 5.12. The second-order valence-corrected chi connectivity index (χ2v) is 11.0. The molecular formula is C29H34N4OS. The number of piperazine rings is 1. The number of hydrogen-bond donors (Lipinski definition) is 0. The number of anilines is 1. The molecule has 3 heterocycles. The maximum Gasteiger partial charge on any atom is 0.274 e. The van der Waals surface area contributed by atoms with Gasteiger partial charge in [-0.25, -0.2) is 4.98 Å². The van der Waals surface area contributed by atoms with Gasteiger partial charge in [-0.3, -0.25) is 9.69 Å². The van der Waals surface area contributed by atoms with Gasteiger partial charge in [-0.2, -0.15) is 0 Å². The lowest BCUT2D eigenvalue weighted by molar-refractivity contribution is 0.0742. The van der Waals surface area contributed by atoms with Crippen LogP contribution in [0.2, 0.25) is 0 Å². The Morgan fingerprint density at radius 2 is 1.60 bits per heavy atom. The third-order valence-corrected chi connectivity index (χ3v) is 8.98. The number of aromatic nitrogens is 1. The Labute approximate surface area is 212 Å². The molecule has 6 rings (SSSR count). The van der Waals surface area contributed by atoms with E-state index >= 15 is 0 Å². The lowest BCUT2D eigenvalue weighted by Crippen LogP contribution is -2.49. The molecule has 1 amide bonds. The first-order chi connectivity index (χ1) is 17.3. The quantitative estimate of drug-likeness (QED) is 0.513. The van der Waals surface area contributed by atoms with Gasteiger partial charge in [0.15, 0.2) is 0 Å². The summed E-state index contributed by atoms with van der Waals surface area (Å²) in [5.41, 5.74) is 7.80. The van der Waals surface area contributed by atoms with Crippen LogP contribution in [0.15, 0.2) is 54.0 Å². The molecule has 0 atom stereocenters. The second kappa shape index (κ2) is 10.1. The van der Waals surface area contributed by atoms with Gasteiger partial charge in [0.05, 0.1) is 10.4 Å². The van der Waals surface area contributed by atoms with E-state index in [0.29, 0.717) is 5.69 Å². The SMILES string of the molecule is O=C(c1ncsc1-c1ccccc1)N1CCN(c2ccc3c(c2)CCN(C2CCCC2)CC3)CC1. The first-order valence-electron chi connectivity index (χ1n) is 13.2. The second-order valence-electron chi connectivity index (χ2n) is 10.1. The largest absolute Gasteiger partial charge is 0.368 e. The van der Waals surface area contributed by atoms with E-state index in [0.717, 1.165) is 49.1 Å². The topological polar surface area (TPSA) is 39.7 Å². The average Bonchev–Trinajstić information content (AvgIpc) is 3.58. The molecule has 3 aliphatic rings. The zero-order valence-electron chi connectivity index (χ0n) is 20.4. The highest BCUT2D eigenvalue weighted by molar-refractivity contribution is 7.13. The van der Waals surface area contributed by atoms with Crippen molar-refractivity contribution in [3.05, 3.63) is 70.9 Å². The van der Waals surface area contributed by atoms with Crippen LogP contribution in [0, 0.1) is 0 Å². The van der Waals surface area contributed by atoms with Crippen LogP contribution in [0.1, 0.15) is 47.3 Å². The fraction of sp³-hybridized carbons (Fsp3) is 0.448. The van der Waals surface area contributed by atoms with Crippen molar-refractivity contribution in [2.45, 2.75) is 44.6 Å². The van der Waals surface area contributed by atoms with Crippen molar-refractivity contribution in [3.63, 3.8) is 0 Å². The molecule has 1 saturated carbocycles. The van der Waals surface area contributed by atoms with Crippen LogP contribution >= 0.6 is 11.3 Å². The summed E-state index contributed by atoms with van der Waals surface area (Å²) in [4.78, 5) is 25.9. The highest BCUT2D eigenvalue weighted by Crippen LogP contribution is 2.30. The van der Waals surface area contributed by atoms with E-state index in [4.69, 9.17) is 0 Å². The highest BCUT2D eigenvalue weighted by atomic mass is 32.1. The Balaban J connectivity index is 1.10. The summed E-state index contributed by atoms with van der Waals surface area (Å²) in [6.45, 7) is 5.60. The van der Waals surface area contributed by atoms with Gasteiger partial charge in [-0.05, 0) is 54.5 Å². The Morgan fingerprint density at radius 1 is 0.857 bits per heavy atom. The maximum absolute atomic E-state index is 13.3. The minimum atomic E-state index is 0.0543. The zero-order valence-corrected chi connectivity index (χ0v) is 21.2. The van der Waals surface area contributed by atoms with Crippen molar-refractivity contribution in [1.29, 1.82) is 0 Å². The van der Waals surface area contributed by atoms with Gasteiger partial charge in [-0.15, -0.1) is 11.3 Å². The van der Waals surface area contributed by atoms with Crippen molar-refractivity contribution in [2.75, 3.05) is 44.2 Å². The average molecular weight is 487 g/mol. The molecule has 2 aliphatic heterocycles. The zero-order chi connectivity index (χ0) is 23.6. The molecule has 1 aromatic heterocycles. The molecule has 35 heavy (non-hydrogen) atoms. The number of amides is 1. The highest BCUT2D eigenvalue weighted by Gasteiger charge is 2.27. The number of thiazole rings is 1. The standard InChI is InChI=1S/C29H34N4OS/c34-29(27-28(35-21-30-27)23-6-2-1-3-7-23)33-18-16-32(17-19-33)26-11-10-22-12-14-31(15-13-24(22)20-26)25-8-4-5-9-25/h1-3,6-7,10-11,20-21,25H,4-5,8-9,12-19H2. The van der Waals surface area contributed by atoms with Crippen LogP contribution in [0.3, 0.4) is 0 Å². The van der Waals surface area contributed by atoms with E-state index in [1.807, 2.05) is 35.2 Å². The number of carbonyl (C=O) groups excluding carboxylic acids is 1. The van der Waals surface area contributed by atoms with E-state index < -0.39 is 0 Å². The monoisotopic (exact) mass is 486 g/mol. The van der Waals surface area contributed by atoms with Crippen LogP contribution in [-0.2, 0) is 12.8 Å². The van der Waals surface area contributed by atoms with E-state index in [1.54, 1.807) is 16.8 Å². The molecule has 0 unspecified atom stereocenters. The molecule has 2 fully saturated rings. The summed E-state index contributed by atoms with van der Waals surface area (Å²) in [5.74, 6) is 0.0543. The van der Waals surface area contributed by atoms with E-state index in [2.05, 4.69) is 33.0 Å². The summed E-state index contributed by atoms with van der Waals surface area (Å²) >= 11 is 1.54. The van der Waals surface area contributed by atoms with Crippen LogP contribution in [-0.4, -0.2) is 66.0 Å². The van der Waals surface area contributed by atoms with Gasteiger partial charge in [-0.1, -0.05) is 49.2 Å². The molecule has 0 bridgehead atoms. The van der Waals surface area contributed by atoms with Gasteiger partial charge < -0.3 is 9.80 Å². The molecule has 3 aromatic rings. The summed E-state index contributed by atoms with van der Waals surface area (Å²) < 4.78 is 0. The Morgan fingerprint density at radius 3 is 2.37 bits per heavy atom. The molecule has 6 heteroatoms. The van der Waals surface area contributed by atoms with E-state index in [1.165, 1.54) is 62.0 Å². The predicted molar refractivity (Wildman–Crippen MR) is 143 cm³/mol. The lowest BCUT2D eigenvalue weighted by atomic mass is 10.0. The lowest BCUT2D eigenvalue weighted by Gasteiger charge is -2.36. The number of fused-ring (bicyclic) bond motifs is 1. The fourth-order valence-electron chi connectivity index (χ4n) is 6.07. The van der Waals surface area contributed by atoms with Gasteiger partial charge in [0.1, 0.15) is 5.69 Å². The molecule has 182 valence electrons. The Hall–Kier alpha value is -2.70. The smallest absolute Gasteiger partial charge is 0.274 e. The van der Waals surface area contributed by atoms with Crippen molar-refractivity contribution in [1.82, 2.24) is 14.8 Å². The molecule has 1 saturated heterocycles. The first kappa shape index (κ1) is 22.7. The number of nitrogens with zero attached hydrogens (tertiary/aromatic N) is 4. The van der Waals surface area contributed by atoms with E-state index in [9.17, 15) is 4.79 Å². The summed E-state index contributed by atoms with van der Waals surface area (Å²) in [7, 11) is 0. The first-order valence-corrected chi connectivity index (χ1v) is 14.0. The van der Waals surface area contributed by atoms with Crippen LogP contribution in [0.5, 0.6) is 0 Å². The number of benzene rings is 2. The molecule has 2 aromatic carbocycles. The summed E-state index contributed by atoms with van der Waals surface area (Å²) in [6, 6.07) is 18.0. The number of rotatable bonds is 4. The molecule has 0 spiro atoms. The normalized spacial score (nSPS) is 19.5. The van der Waals surface area contributed by atoms with Crippen molar-refractivity contribution < 1.29 is 4.79 Å². The summed E-state index contributed by atoms with van der Waals surface area (Å²) in [5, 5.41) is 0. The molecule has 5 nitrogen and oxygen atoms in total. The van der Waals surface area contributed by atoms with Crippen LogP contribution < -0.4 is 4.90 Å². The Kier molecular flexibility index (Phi) is 6.57. The molecular weight excluding hydrogens is 452 g/mol. The molecule has 1 aliphatic carbocycles. The molecule has 0 radical (unpaired) electrons. The number of carbonyl (C=O) groups is 1. The fourth-order valence-corrected chi connectivity index (χ4v) is 6.86. The summed E-state index contributed by atoms with van der Waals surface area (Å²) in [6.07, 6.45) is 7.91. The van der Waals surface area contributed by atoms with Gasteiger partial charge in [0.2, 0.25) is 0 Å². The van der Waals surface area contributed by atoms with Gasteiger partial charge in [0, 0.05) is 51.0 Å². The third-order valence-electron chi connectivity index (χ3n) is 8.11. The van der Waals surface area contributed by atoms with Crippen molar-refractivity contribution >= 4 is 22.9 Å². The van der Waals surface area contributed by atoms with Gasteiger partial charge in [0.25, 0.3) is 5.91 Å².